The van der Waals surface area contributed by atoms with E-state index in [2.05, 4.69) is 0 Å². The Morgan fingerprint density at radius 1 is 1.21 bits per heavy atom. The summed E-state index contributed by atoms with van der Waals surface area (Å²) in [7, 11) is 0. The largest absolute Gasteiger partial charge is 0.511 e. The Morgan fingerprint density at radius 3 is 2.26 bits per heavy atom. The molecule has 1 rings (SSSR count). The van der Waals surface area contributed by atoms with Gasteiger partial charge in [-0.05, 0) is 18.3 Å². The van der Waals surface area contributed by atoms with Gasteiger partial charge in [-0.25, -0.2) is 0 Å². The fourth-order valence-corrected chi connectivity index (χ4v) is 2.35. The summed E-state index contributed by atoms with van der Waals surface area (Å²) in [5.41, 5.74) is -0.171. The molecule has 0 saturated heterocycles. The lowest BCUT2D eigenvalue weighted by Crippen LogP contribution is -2.25. The van der Waals surface area contributed by atoms with Gasteiger partial charge in [0.15, 0.2) is 11.6 Å². The van der Waals surface area contributed by atoms with Gasteiger partial charge in [-0.3, -0.25) is 9.59 Å². The third kappa shape index (κ3) is 3.66. The Labute approximate surface area is 114 Å². The van der Waals surface area contributed by atoms with Crippen molar-refractivity contribution in [3.8, 4) is 0 Å². The summed E-state index contributed by atoms with van der Waals surface area (Å²) in [6, 6.07) is 0. The molecule has 2 N–H and O–H groups in total. The topological polar surface area (TPSA) is 74.6 Å². The second-order valence-electron chi connectivity index (χ2n) is 6.17. The Bertz CT molecular complexity index is 393. The fraction of sp³-hybridized carbons (Fsp3) is 0.733. The number of carbonyl (C=O) groups excluding carboxylic acids is 2. The summed E-state index contributed by atoms with van der Waals surface area (Å²) < 4.78 is 0. The number of hydrogen-bond acceptors (Lipinski definition) is 4. The van der Waals surface area contributed by atoms with Crippen LogP contribution in [0.3, 0.4) is 0 Å². The predicted octanol–water partition coefficient (Wildman–Crippen LogP) is 2.41. The Hall–Kier alpha value is -1.16. The van der Waals surface area contributed by atoms with E-state index in [-0.39, 0.29) is 29.5 Å². The molecular weight excluding hydrogens is 244 g/mol. The van der Waals surface area contributed by atoms with E-state index in [0.717, 1.165) is 6.42 Å². The van der Waals surface area contributed by atoms with Crippen LogP contribution in [-0.4, -0.2) is 27.9 Å². The van der Waals surface area contributed by atoms with Gasteiger partial charge in [0.05, 0.1) is 5.92 Å². The number of aliphatic hydroxyl groups excluding tert-OH is 2. The molecule has 1 aliphatic carbocycles. The molecule has 0 aromatic carbocycles. The fourth-order valence-electron chi connectivity index (χ4n) is 2.35. The van der Waals surface area contributed by atoms with Crippen LogP contribution in [0.25, 0.3) is 0 Å². The second kappa shape index (κ2) is 6.33. The number of rotatable bonds is 6. The molecule has 0 saturated carbocycles. The molecule has 0 aromatic heterocycles. The zero-order valence-electron chi connectivity index (χ0n) is 12.1. The number of hydrogen-bond donors (Lipinski definition) is 2. The first-order valence-corrected chi connectivity index (χ1v) is 6.94. The van der Waals surface area contributed by atoms with E-state index in [1.807, 2.05) is 27.7 Å². The van der Waals surface area contributed by atoms with Crippen LogP contribution in [0.1, 0.15) is 47.0 Å². The van der Waals surface area contributed by atoms with Gasteiger partial charge in [0.25, 0.3) is 0 Å². The van der Waals surface area contributed by atoms with Gasteiger partial charge in [0, 0.05) is 6.42 Å². The van der Waals surface area contributed by atoms with Crippen molar-refractivity contribution < 1.29 is 19.8 Å². The average Bonchev–Trinajstić information content (AvgIpc) is 2.47. The lowest BCUT2D eigenvalue weighted by molar-refractivity contribution is -0.126. The van der Waals surface area contributed by atoms with E-state index in [0.29, 0.717) is 12.3 Å². The first kappa shape index (κ1) is 15.9. The van der Waals surface area contributed by atoms with Gasteiger partial charge in [-0.15, -0.1) is 0 Å². The van der Waals surface area contributed by atoms with Crippen molar-refractivity contribution >= 4 is 11.6 Å². The summed E-state index contributed by atoms with van der Waals surface area (Å²) >= 11 is 0. The molecule has 1 aliphatic rings. The maximum absolute atomic E-state index is 12.0. The molecule has 0 aliphatic heterocycles. The molecule has 0 unspecified atom stereocenters. The lowest BCUT2D eigenvalue weighted by atomic mass is 9.94. The zero-order chi connectivity index (χ0) is 14.7. The zero-order valence-corrected chi connectivity index (χ0v) is 12.1. The summed E-state index contributed by atoms with van der Waals surface area (Å²) in [4.78, 5) is 23.9. The average molecular weight is 268 g/mol. The van der Waals surface area contributed by atoms with E-state index in [1.54, 1.807) is 0 Å². The van der Waals surface area contributed by atoms with Crippen LogP contribution in [0.5, 0.6) is 0 Å². The summed E-state index contributed by atoms with van der Waals surface area (Å²) in [6.45, 7) is 7.83. The van der Waals surface area contributed by atoms with Crippen molar-refractivity contribution in [3.05, 3.63) is 11.3 Å². The highest BCUT2D eigenvalue weighted by atomic mass is 16.3. The van der Waals surface area contributed by atoms with Gasteiger partial charge < -0.3 is 10.2 Å². The molecule has 4 nitrogen and oxygen atoms in total. The van der Waals surface area contributed by atoms with E-state index in [9.17, 15) is 19.8 Å². The summed E-state index contributed by atoms with van der Waals surface area (Å²) in [5, 5.41) is 20.0. The van der Waals surface area contributed by atoms with E-state index >= 15 is 0 Å². The minimum absolute atomic E-state index is 0.118. The maximum atomic E-state index is 12.0. The number of aliphatic hydroxyl groups is 2. The number of Topliss-reactive ketones (excluding diaryl/α,β-unsaturated/α-hetero) is 2. The monoisotopic (exact) mass is 268 g/mol. The van der Waals surface area contributed by atoms with Crippen LogP contribution in [0.4, 0.5) is 0 Å². The van der Waals surface area contributed by atoms with Crippen molar-refractivity contribution in [2.45, 2.75) is 53.1 Å². The van der Waals surface area contributed by atoms with Gasteiger partial charge in [-0.1, -0.05) is 34.1 Å². The summed E-state index contributed by atoms with van der Waals surface area (Å²) in [6.07, 6.45) is 0.277. The quantitative estimate of drug-likeness (QED) is 0.725. The van der Waals surface area contributed by atoms with Crippen molar-refractivity contribution in [1.82, 2.24) is 0 Å². The normalized spacial score (nSPS) is 23.8. The van der Waals surface area contributed by atoms with Crippen molar-refractivity contribution in [2.75, 3.05) is 0 Å². The van der Waals surface area contributed by atoms with E-state index in [4.69, 9.17) is 0 Å². The Kier molecular flexibility index (Phi) is 5.29. The highest BCUT2D eigenvalue weighted by Gasteiger charge is 2.43. The first-order chi connectivity index (χ1) is 8.75. The molecule has 4 heteroatoms. The van der Waals surface area contributed by atoms with E-state index < -0.39 is 17.8 Å². The molecule has 2 atom stereocenters. The maximum Gasteiger partial charge on any atom is 0.198 e. The minimum atomic E-state index is -1.26. The molecular formula is C15H24O4. The minimum Gasteiger partial charge on any atom is -0.511 e. The smallest absolute Gasteiger partial charge is 0.198 e. The second-order valence-corrected chi connectivity index (χ2v) is 6.17. The standard InChI is InChI=1S/C15H24O4/c1-8(2)5-6-10-13(17)12(15(19)14(10)18)11(16)7-9(3)4/h8-10,14,17-18H,5-7H2,1-4H3/t10-,14-/m1/s1. The van der Waals surface area contributed by atoms with Gasteiger partial charge >= 0.3 is 0 Å². The van der Waals surface area contributed by atoms with Crippen LogP contribution < -0.4 is 0 Å². The van der Waals surface area contributed by atoms with Gasteiger partial charge in [0.1, 0.15) is 17.4 Å². The molecule has 0 amide bonds. The molecule has 0 fully saturated rings. The van der Waals surface area contributed by atoms with Crippen molar-refractivity contribution in [2.24, 2.45) is 17.8 Å². The van der Waals surface area contributed by atoms with Gasteiger partial charge in [-0.2, -0.15) is 0 Å². The molecule has 0 radical (unpaired) electrons. The third-order valence-corrected chi connectivity index (χ3v) is 3.43. The molecule has 19 heavy (non-hydrogen) atoms. The first-order valence-electron chi connectivity index (χ1n) is 6.94. The van der Waals surface area contributed by atoms with E-state index in [1.165, 1.54) is 0 Å². The molecule has 0 bridgehead atoms. The van der Waals surface area contributed by atoms with Crippen LogP contribution in [0, 0.1) is 17.8 Å². The highest BCUT2D eigenvalue weighted by Crippen LogP contribution is 2.33. The van der Waals surface area contributed by atoms with Crippen molar-refractivity contribution in [3.63, 3.8) is 0 Å². The number of ketones is 2. The van der Waals surface area contributed by atoms with Crippen LogP contribution in [0.15, 0.2) is 11.3 Å². The number of carbonyl (C=O) groups is 2. The Balaban J connectivity index is 2.89. The molecule has 0 spiro atoms. The molecule has 0 aromatic rings. The SMILES string of the molecule is CC(C)CC[C@@H]1C(O)=C(C(=O)CC(C)C)C(=O)[C@@H]1O. The van der Waals surface area contributed by atoms with Crippen LogP contribution in [0.2, 0.25) is 0 Å². The lowest BCUT2D eigenvalue weighted by Gasteiger charge is -2.15. The third-order valence-electron chi connectivity index (χ3n) is 3.43. The highest BCUT2D eigenvalue weighted by molar-refractivity contribution is 6.23. The summed E-state index contributed by atoms with van der Waals surface area (Å²) in [5.74, 6) is -1.25. The van der Waals surface area contributed by atoms with Crippen LogP contribution in [-0.2, 0) is 9.59 Å². The molecule has 0 heterocycles. The Morgan fingerprint density at radius 2 is 1.79 bits per heavy atom. The van der Waals surface area contributed by atoms with Crippen molar-refractivity contribution in [1.29, 1.82) is 0 Å². The predicted molar refractivity (Wildman–Crippen MR) is 72.7 cm³/mol. The van der Waals surface area contributed by atoms with Gasteiger partial charge in [0.2, 0.25) is 0 Å². The van der Waals surface area contributed by atoms with Crippen LogP contribution >= 0.6 is 0 Å². The molecule has 108 valence electrons.